The topological polar surface area (TPSA) is 15.3 Å². The molecule has 0 amide bonds. The first-order chi connectivity index (χ1) is 9.83. The van der Waals surface area contributed by atoms with Crippen LogP contribution in [0.1, 0.15) is 63.3 Å². The maximum absolute atomic E-state index is 3.69. The molecule has 2 saturated heterocycles. The lowest BCUT2D eigenvalue weighted by molar-refractivity contribution is 0.0663. The first-order valence-corrected chi connectivity index (χ1v) is 9.25. The van der Waals surface area contributed by atoms with Gasteiger partial charge in [-0.1, -0.05) is 26.3 Å². The third-order valence-corrected chi connectivity index (χ3v) is 6.05. The minimum atomic E-state index is 0.681. The minimum absolute atomic E-state index is 0.681. The predicted molar refractivity (Wildman–Crippen MR) is 87.3 cm³/mol. The smallest absolute Gasteiger partial charge is 0.0447 e. The first kappa shape index (κ1) is 14.6. The van der Waals surface area contributed by atoms with E-state index in [4.69, 9.17) is 0 Å². The number of nitrogens with one attached hydrogen (secondary N) is 1. The van der Waals surface area contributed by atoms with Crippen LogP contribution in [0.5, 0.6) is 0 Å². The minimum Gasteiger partial charge on any atom is -0.314 e. The first-order valence-electron chi connectivity index (χ1n) is 8.37. The number of nitrogens with zero attached hydrogens (tertiary/aromatic N) is 1. The fraction of sp³-hybridized carbons (Fsp3) is 0.765. The lowest BCUT2D eigenvalue weighted by atomic mass is 9.93. The largest absolute Gasteiger partial charge is 0.314 e. The van der Waals surface area contributed by atoms with Gasteiger partial charge in [0.25, 0.3) is 0 Å². The zero-order valence-corrected chi connectivity index (χ0v) is 13.7. The Kier molecular flexibility index (Phi) is 4.79. The van der Waals surface area contributed by atoms with Crippen molar-refractivity contribution < 1.29 is 0 Å². The molecule has 3 rings (SSSR count). The third kappa shape index (κ3) is 2.81. The summed E-state index contributed by atoms with van der Waals surface area (Å²) in [5.41, 5.74) is 0. The van der Waals surface area contributed by atoms with Gasteiger partial charge in [-0.25, -0.2) is 0 Å². The van der Waals surface area contributed by atoms with Crippen LogP contribution in [0.3, 0.4) is 0 Å². The molecule has 0 spiro atoms. The van der Waals surface area contributed by atoms with E-state index in [-0.39, 0.29) is 0 Å². The molecule has 2 bridgehead atoms. The van der Waals surface area contributed by atoms with E-state index in [9.17, 15) is 0 Å². The molecular weight excluding hydrogens is 264 g/mol. The molecule has 2 aliphatic rings. The highest BCUT2D eigenvalue weighted by Gasteiger charge is 2.43. The van der Waals surface area contributed by atoms with E-state index < -0.39 is 0 Å². The van der Waals surface area contributed by atoms with Crippen molar-refractivity contribution in [2.24, 2.45) is 0 Å². The standard InChI is InChI=1S/C17H28N2S/c1-3-6-16(17-7-5-10-20-17)19-14-8-9-15(19)12-13(11-14)18-4-2/h5,7,10,13-16,18H,3-4,6,8-9,11-12H2,1-2H3. The Morgan fingerprint density at radius 1 is 1.30 bits per heavy atom. The number of piperidine rings is 1. The van der Waals surface area contributed by atoms with Gasteiger partial charge < -0.3 is 5.32 Å². The summed E-state index contributed by atoms with van der Waals surface area (Å²) in [6.07, 6.45) is 8.15. The van der Waals surface area contributed by atoms with Crippen molar-refractivity contribution >= 4 is 11.3 Å². The number of hydrogen-bond donors (Lipinski definition) is 1. The van der Waals surface area contributed by atoms with Gasteiger partial charge in [0.15, 0.2) is 0 Å². The average Bonchev–Trinajstić information content (AvgIpc) is 3.04. The summed E-state index contributed by atoms with van der Waals surface area (Å²) in [5.74, 6) is 0. The van der Waals surface area contributed by atoms with Gasteiger partial charge in [-0.2, -0.15) is 0 Å². The van der Waals surface area contributed by atoms with Crippen LogP contribution in [-0.4, -0.2) is 29.6 Å². The SMILES string of the molecule is CCCC(c1cccs1)N1C2CCC1CC(NCC)C2. The summed E-state index contributed by atoms with van der Waals surface area (Å²) in [6.45, 7) is 5.68. The summed E-state index contributed by atoms with van der Waals surface area (Å²) in [6, 6.07) is 7.64. The van der Waals surface area contributed by atoms with E-state index in [2.05, 4.69) is 41.6 Å². The lowest BCUT2D eigenvalue weighted by Crippen LogP contribution is -2.50. The lowest BCUT2D eigenvalue weighted by Gasteiger charge is -2.43. The molecule has 3 atom stereocenters. The van der Waals surface area contributed by atoms with Crippen LogP contribution < -0.4 is 5.32 Å². The highest BCUT2D eigenvalue weighted by atomic mass is 32.1. The average molecular weight is 292 g/mol. The van der Waals surface area contributed by atoms with Gasteiger partial charge in [-0.05, 0) is 50.1 Å². The molecule has 1 aromatic rings. The Hall–Kier alpha value is -0.380. The molecule has 3 unspecified atom stereocenters. The van der Waals surface area contributed by atoms with Crippen LogP contribution in [0.4, 0.5) is 0 Å². The third-order valence-electron chi connectivity index (χ3n) is 5.08. The molecule has 0 aliphatic carbocycles. The summed E-state index contributed by atoms with van der Waals surface area (Å²) in [4.78, 5) is 4.48. The number of fused-ring (bicyclic) bond motifs is 2. The van der Waals surface area contributed by atoms with Crippen LogP contribution >= 0.6 is 11.3 Å². The van der Waals surface area contributed by atoms with Gasteiger partial charge in [0.2, 0.25) is 0 Å². The molecule has 20 heavy (non-hydrogen) atoms. The van der Waals surface area contributed by atoms with Crippen LogP contribution in [0, 0.1) is 0 Å². The second-order valence-corrected chi connectivity index (χ2v) is 7.36. The van der Waals surface area contributed by atoms with Gasteiger partial charge in [0, 0.05) is 29.0 Å². The molecule has 1 N–H and O–H groups in total. The van der Waals surface area contributed by atoms with E-state index >= 15 is 0 Å². The van der Waals surface area contributed by atoms with Crippen molar-refractivity contribution in [3.63, 3.8) is 0 Å². The van der Waals surface area contributed by atoms with Gasteiger partial charge in [0.05, 0.1) is 0 Å². The van der Waals surface area contributed by atoms with Gasteiger partial charge >= 0.3 is 0 Å². The van der Waals surface area contributed by atoms with E-state index in [0.717, 1.165) is 24.7 Å². The van der Waals surface area contributed by atoms with E-state index in [1.165, 1.54) is 38.5 Å². The Morgan fingerprint density at radius 3 is 2.60 bits per heavy atom. The van der Waals surface area contributed by atoms with Crippen molar-refractivity contribution in [2.45, 2.75) is 76.5 Å². The van der Waals surface area contributed by atoms with E-state index in [1.54, 1.807) is 4.88 Å². The Bertz CT molecular complexity index is 389. The van der Waals surface area contributed by atoms with Crippen LogP contribution in [-0.2, 0) is 0 Å². The van der Waals surface area contributed by atoms with Crippen molar-refractivity contribution in [3.05, 3.63) is 22.4 Å². The maximum Gasteiger partial charge on any atom is 0.0447 e. The van der Waals surface area contributed by atoms with E-state index in [0.29, 0.717) is 6.04 Å². The van der Waals surface area contributed by atoms with Crippen LogP contribution in [0.15, 0.2) is 17.5 Å². The summed E-state index contributed by atoms with van der Waals surface area (Å²) in [5, 5.41) is 5.93. The Morgan fingerprint density at radius 2 is 2.05 bits per heavy atom. The quantitative estimate of drug-likeness (QED) is 0.845. The fourth-order valence-electron chi connectivity index (χ4n) is 4.37. The highest BCUT2D eigenvalue weighted by Crippen LogP contribution is 2.44. The van der Waals surface area contributed by atoms with Gasteiger partial charge in [0.1, 0.15) is 0 Å². The van der Waals surface area contributed by atoms with Gasteiger partial charge in [-0.3, -0.25) is 4.90 Å². The van der Waals surface area contributed by atoms with Crippen molar-refractivity contribution in [2.75, 3.05) is 6.54 Å². The molecule has 2 aliphatic heterocycles. The molecule has 0 aromatic carbocycles. The summed E-state index contributed by atoms with van der Waals surface area (Å²) in [7, 11) is 0. The second-order valence-electron chi connectivity index (χ2n) is 6.38. The van der Waals surface area contributed by atoms with Gasteiger partial charge in [-0.15, -0.1) is 11.3 Å². The van der Waals surface area contributed by atoms with Crippen LogP contribution in [0.25, 0.3) is 0 Å². The molecular formula is C17H28N2S. The summed E-state index contributed by atoms with van der Waals surface area (Å²) < 4.78 is 0. The zero-order chi connectivity index (χ0) is 13.9. The molecule has 2 fully saturated rings. The van der Waals surface area contributed by atoms with Crippen molar-refractivity contribution in [3.8, 4) is 0 Å². The number of thiophene rings is 1. The summed E-state index contributed by atoms with van der Waals surface area (Å²) >= 11 is 1.95. The van der Waals surface area contributed by atoms with E-state index in [1.807, 2.05) is 11.3 Å². The maximum atomic E-state index is 3.69. The van der Waals surface area contributed by atoms with Crippen molar-refractivity contribution in [1.29, 1.82) is 0 Å². The Balaban J connectivity index is 1.76. The molecule has 3 heterocycles. The molecule has 3 heteroatoms. The normalized spacial score (nSPS) is 31.6. The highest BCUT2D eigenvalue weighted by molar-refractivity contribution is 7.10. The monoisotopic (exact) mass is 292 g/mol. The molecule has 0 radical (unpaired) electrons. The molecule has 112 valence electrons. The molecule has 0 saturated carbocycles. The zero-order valence-electron chi connectivity index (χ0n) is 12.8. The fourth-order valence-corrected chi connectivity index (χ4v) is 5.24. The molecule has 2 nitrogen and oxygen atoms in total. The molecule has 1 aromatic heterocycles. The predicted octanol–water partition coefficient (Wildman–Crippen LogP) is 4.19. The van der Waals surface area contributed by atoms with Crippen LogP contribution in [0.2, 0.25) is 0 Å². The number of rotatable bonds is 6. The second kappa shape index (κ2) is 6.59. The Labute approximate surface area is 127 Å². The number of hydrogen-bond acceptors (Lipinski definition) is 3. The van der Waals surface area contributed by atoms with Crippen molar-refractivity contribution in [1.82, 2.24) is 10.2 Å².